The molecule has 0 heterocycles. The van der Waals surface area contributed by atoms with Gasteiger partial charge in [-0.1, -0.05) is 13.5 Å². The van der Waals surface area contributed by atoms with Crippen molar-refractivity contribution in [1.82, 2.24) is 5.01 Å². The van der Waals surface area contributed by atoms with Gasteiger partial charge < -0.3 is 5.01 Å². The quantitative estimate of drug-likeness (QED) is 0.413. The van der Waals surface area contributed by atoms with Gasteiger partial charge in [-0.25, -0.2) is 0 Å². The van der Waals surface area contributed by atoms with Crippen molar-refractivity contribution in [2.45, 2.75) is 13.3 Å². The van der Waals surface area contributed by atoms with Gasteiger partial charge in [-0.3, -0.25) is 0 Å². The summed E-state index contributed by atoms with van der Waals surface area (Å²) in [5.74, 6) is 0. The summed E-state index contributed by atoms with van der Waals surface area (Å²) in [6, 6.07) is 0. The molecular weight excluding hydrogens is 112 g/mol. The predicted octanol–water partition coefficient (Wildman–Crippen LogP) is 1.50. The average Bonchev–Trinajstić information content (AvgIpc) is 1.82. The molecular formula is C7H14N2. The first-order chi connectivity index (χ1) is 4.20. The number of rotatable bonds is 3. The summed E-state index contributed by atoms with van der Waals surface area (Å²) < 4.78 is 0. The fourth-order valence-electron chi connectivity index (χ4n) is 0.513. The minimum Gasteiger partial charge on any atom is -0.303 e. The first-order valence-corrected chi connectivity index (χ1v) is 3.08. The molecule has 0 unspecified atom stereocenters. The number of nitrogens with zero attached hydrogens (tertiary/aromatic N) is 2. The van der Waals surface area contributed by atoms with Crippen molar-refractivity contribution in [2.75, 3.05) is 14.1 Å². The van der Waals surface area contributed by atoms with Crippen molar-refractivity contribution in [3.63, 3.8) is 0 Å². The monoisotopic (exact) mass is 126 g/mol. The molecule has 2 heteroatoms. The largest absolute Gasteiger partial charge is 0.303 e. The predicted molar refractivity (Wildman–Crippen MR) is 41.6 cm³/mol. The molecule has 0 aliphatic carbocycles. The average molecular weight is 126 g/mol. The van der Waals surface area contributed by atoms with Crippen LogP contribution in [0.4, 0.5) is 0 Å². The van der Waals surface area contributed by atoms with Crippen LogP contribution in [-0.4, -0.2) is 24.8 Å². The van der Waals surface area contributed by atoms with E-state index in [1.807, 2.05) is 14.1 Å². The zero-order valence-electron chi connectivity index (χ0n) is 6.39. The Balaban J connectivity index is 3.90. The Bertz CT molecular complexity index is 114. The molecule has 2 nitrogen and oxygen atoms in total. The molecule has 0 aliphatic rings. The van der Waals surface area contributed by atoms with Crippen molar-refractivity contribution >= 4 is 5.71 Å². The van der Waals surface area contributed by atoms with Crippen molar-refractivity contribution in [3.8, 4) is 0 Å². The van der Waals surface area contributed by atoms with Crippen molar-refractivity contribution in [3.05, 3.63) is 12.7 Å². The third-order valence-electron chi connectivity index (χ3n) is 0.926. The summed E-state index contributed by atoms with van der Waals surface area (Å²) in [4.78, 5) is 0. The lowest BCUT2D eigenvalue weighted by Gasteiger charge is -2.04. The normalized spacial score (nSPS) is 11.2. The van der Waals surface area contributed by atoms with E-state index in [1.54, 1.807) is 11.1 Å². The summed E-state index contributed by atoms with van der Waals surface area (Å²) in [6.45, 7) is 5.69. The van der Waals surface area contributed by atoms with Crippen LogP contribution < -0.4 is 0 Å². The molecule has 0 rings (SSSR count). The zero-order valence-corrected chi connectivity index (χ0v) is 6.39. The van der Waals surface area contributed by atoms with Crippen LogP contribution in [0.5, 0.6) is 0 Å². The van der Waals surface area contributed by atoms with E-state index in [4.69, 9.17) is 0 Å². The van der Waals surface area contributed by atoms with Crippen LogP contribution in [0.2, 0.25) is 0 Å². The van der Waals surface area contributed by atoms with E-state index >= 15 is 0 Å². The topological polar surface area (TPSA) is 15.6 Å². The Hall–Kier alpha value is -0.790. The van der Waals surface area contributed by atoms with Crippen molar-refractivity contribution < 1.29 is 0 Å². The minimum atomic E-state index is 0.946. The van der Waals surface area contributed by atoms with E-state index in [9.17, 15) is 0 Å². The van der Waals surface area contributed by atoms with Crippen LogP contribution >= 0.6 is 0 Å². The van der Waals surface area contributed by atoms with Crippen LogP contribution in [0.3, 0.4) is 0 Å². The Morgan fingerprint density at radius 2 is 2.22 bits per heavy atom. The van der Waals surface area contributed by atoms with E-state index in [0.29, 0.717) is 0 Å². The zero-order chi connectivity index (χ0) is 7.28. The lowest BCUT2D eigenvalue weighted by molar-refractivity contribution is 0.437. The van der Waals surface area contributed by atoms with E-state index in [0.717, 1.165) is 12.1 Å². The van der Waals surface area contributed by atoms with Crippen LogP contribution in [-0.2, 0) is 0 Å². The van der Waals surface area contributed by atoms with E-state index in [2.05, 4.69) is 18.6 Å². The highest BCUT2D eigenvalue weighted by molar-refractivity contribution is 5.93. The molecule has 0 aliphatic heterocycles. The lowest BCUT2D eigenvalue weighted by atomic mass is 10.3. The molecule has 0 fully saturated rings. The van der Waals surface area contributed by atoms with Gasteiger partial charge in [-0.15, -0.1) is 0 Å². The number of hydrogen-bond donors (Lipinski definition) is 0. The Morgan fingerprint density at radius 1 is 1.67 bits per heavy atom. The standard InChI is InChI=1S/C7H14N2/c1-5-7(6-2)8-9(3)4/h5H,1,6H2,2-4H3. The summed E-state index contributed by atoms with van der Waals surface area (Å²) in [5.41, 5.74) is 1.03. The second kappa shape index (κ2) is 4.13. The highest BCUT2D eigenvalue weighted by atomic mass is 15.4. The molecule has 0 radical (unpaired) electrons. The van der Waals surface area contributed by atoms with Gasteiger partial charge in [0.15, 0.2) is 0 Å². The molecule has 0 saturated carbocycles. The highest BCUT2D eigenvalue weighted by Crippen LogP contribution is 1.88. The van der Waals surface area contributed by atoms with E-state index < -0.39 is 0 Å². The molecule has 0 saturated heterocycles. The maximum Gasteiger partial charge on any atom is 0.0596 e. The molecule has 52 valence electrons. The molecule has 9 heavy (non-hydrogen) atoms. The molecule has 0 N–H and O–H groups in total. The molecule has 0 atom stereocenters. The number of hydrogen-bond acceptors (Lipinski definition) is 2. The third-order valence-corrected chi connectivity index (χ3v) is 0.926. The summed E-state index contributed by atoms with van der Waals surface area (Å²) >= 11 is 0. The van der Waals surface area contributed by atoms with Gasteiger partial charge in [-0.05, 0) is 12.5 Å². The first kappa shape index (κ1) is 8.21. The Morgan fingerprint density at radius 3 is 2.33 bits per heavy atom. The van der Waals surface area contributed by atoms with Gasteiger partial charge in [0.25, 0.3) is 0 Å². The van der Waals surface area contributed by atoms with Gasteiger partial charge in [0.2, 0.25) is 0 Å². The molecule has 0 bridgehead atoms. The second-order valence-corrected chi connectivity index (χ2v) is 2.00. The van der Waals surface area contributed by atoms with Gasteiger partial charge >= 0.3 is 0 Å². The highest BCUT2D eigenvalue weighted by Gasteiger charge is 1.86. The second-order valence-electron chi connectivity index (χ2n) is 2.00. The maximum atomic E-state index is 4.15. The number of hydrazone groups is 1. The fraction of sp³-hybridized carbons (Fsp3) is 0.571. The van der Waals surface area contributed by atoms with Crippen LogP contribution in [0, 0.1) is 0 Å². The van der Waals surface area contributed by atoms with Crippen LogP contribution in [0.1, 0.15) is 13.3 Å². The lowest BCUT2D eigenvalue weighted by Crippen LogP contribution is -2.05. The van der Waals surface area contributed by atoms with Crippen LogP contribution in [0.15, 0.2) is 17.8 Å². The molecule has 0 spiro atoms. The van der Waals surface area contributed by atoms with E-state index in [1.165, 1.54) is 0 Å². The number of allylic oxidation sites excluding steroid dienone is 1. The SMILES string of the molecule is C=CC(CC)=NN(C)C. The van der Waals surface area contributed by atoms with Gasteiger partial charge in [-0.2, -0.15) is 5.10 Å². The van der Waals surface area contributed by atoms with Gasteiger partial charge in [0.1, 0.15) is 0 Å². The Labute approximate surface area is 56.9 Å². The van der Waals surface area contributed by atoms with Crippen molar-refractivity contribution in [2.24, 2.45) is 5.10 Å². The summed E-state index contributed by atoms with van der Waals surface area (Å²) in [5, 5.41) is 5.92. The Kier molecular flexibility index (Phi) is 3.76. The smallest absolute Gasteiger partial charge is 0.0596 e. The minimum absolute atomic E-state index is 0.946. The van der Waals surface area contributed by atoms with Crippen molar-refractivity contribution in [1.29, 1.82) is 0 Å². The van der Waals surface area contributed by atoms with E-state index in [-0.39, 0.29) is 0 Å². The first-order valence-electron chi connectivity index (χ1n) is 3.08. The van der Waals surface area contributed by atoms with Gasteiger partial charge in [0.05, 0.1) is 5.71 Å². The fourth-order valence-corrected chi connectivity index (χ4v) is 0.513. The third kappa shape index (κ3) is 3.76. The molecule has 0 amide bonds. The summed E-state index contributed by atoms with van der Waals surface area (Å²) in [7, 11) is 3.80. The summed E-state index contributed by atoms with van der Waals surface area (Å²) in [6.07, 6.45) is 2.72. The van der Waals surface area contributed by atoms with Gasteiger partial charge in [0, 0.05) is 14.1 Å². The maximum absolute atomic E-state index is 4.15. The molecule has 0 aromatic carbocycles. The molecule has 0 aromatic rings. The molecule has 0 aromatic heterocycles. The van der Waals surface area contributed by atoms with Crippen LogP contribution in [0.25, 0.3) is 0 Å².